The highest BCUT2D eigenvalue weighted by molar-refractivity contribution is 5.82. The van der Waals surface area contributed by atoms with Crippen LogP contribution in [-0.2, 0) is 16.0 Å². The topological polar surface area (TPSA) is 114 Å². The van der Waals surface area contributed by atoms with Crippen molar-refractivity contribution < 1.29 is 23.5 Å². The molecule has 0 aliphatic heterocycles. The predicted molar refractivity (Wildman–Crippen MR) is 111 cm³/mol. The number of hydrogen-bond donors (Lipinski definition) is 2. The van der Waals surface area contributed by atoms with Gasteiger partial charge in [0.25, 0.3) is 0 Å². The first-order chi connectivity index (χ1) is 14.6. The molecule has 156 valence electrons. The lowest BCUT2D eigenvalue weighted by Gasteiger charge is -2.17. The number of fused-ring (bicyclic) bond motifs is 2. The lowest BCUT2D eigenvalue weighted by molar-refractivity contribution is -0.129. The number of carbonyl (C=O) groups excluding carboxylic acids is 1. The Hall–Kier alpha value is -3.43. The van der Waals surface area contributed by atoms with Crippen LogP contribution in [0.4, 0.5) is 12.0 Å². The number of nitrogens with zero attached hydrogens (tertiary/aromatic N) is 3. The van der Waals surface area contributed by atoms with E-state index in [0.29, 0.717) is 35.8 Å². The van der Waals surface area contributed by atoms with E-state index < -0.39 is 0 Å². The number of rotatable bonds is 9. The molecule has 9 nitrogen and oxygen atoms in total. The molecule has 0 saturated carbocycles. The standard InChI is InChI=1S/C21H22N4O5/c1-25(8-10-28-11-9-26)19(27)13-14-6-7-18-16(12-14)23-21(30-18)24-20-22-15-4-2-3-5-17(15)29-20/h2-7,12,26H,8-11,13H2,1H3,(H,22,23,24). The number of anilines is 2. The molecule has 2 aromatic heterocycles. The molecule has 4 rings (SSSR count). The highest BCUT2D eigenvalue weighted by atomic mass is 16.5. The van der Waals surface area contributed by atoms with Crippen LogP contribution in [0, 0.1) is 0 Å². The van der Waals surface area contributed by atoms with Crippen LogP contribution in [0.5, 0.6) is 0 Å². The summed E-state index contributed by atoms with van der Waals surface area (Å²) in [6.45, 7) is 1.09. The van der Waals surface area contributed by atoms with Gasteiger partial charge < -0.3 is 23.6 Å². The van der Waals surface area contributed by atoms with E-state index in [0.717, 1.165) is 11.1 Å². The number of oxazole rings is 2. The summed E-state index contributed by atoms with van der Waals surface area (Å²) in [4.78, 5) is 22.7. The van der Waals surface area contributed by atoms with Crippen molar-refractivity contribution >= 4 is 40.1 Å². The number of aromatic nitrogens is 2. The van der Waals surface area contributed by atoms with Crippen LogP contribution in [-0.4, -0.2) is 59.3 Å². The lowest BCUT2D eigenvalue weighted by atomic mass is 10.1. The fraction of sp³-hybridized carbons (Fsp3) is 0.286. The van der Waals surface area contributed by atoms with E-state index in [9.17, 15) is 4.79 Å². The van der Waals surface area contributed by atoms with Crippen LogP contribution in [0.15, 0.2) is 51.3 Å². The molecule has 0 aliphatic carbocycles. The highest BCUT2D eigenvalue weighted by Gasteiger charge is 2.13. The van der Waals surface area contributed by atoms with Gasteiger partial charge in [0.15, 0.2) is 11.2 Å². The van der Waals surface area contributed by atoms with E-state index in [1.807, 2.05) is 36.4 Å². The zero-order valence-electron chi connectivity index (χ0n) is 16.5. The summed E-state index contributed by atoms with van der Waals surface area (Å²) in [7, 11) is 1.72. The third-order valence-electron chi connectivity index (χ3n) is 4.55. The molecular formula is C21H22N4O5. The molecule has 2 aromatic carbocycles. The number of likely N-dealkylation sites (N-methyl/N-ethyl adjacent to an activating group) is 1. The quantitative estimate of drug-likeness (QED) is 0.405. The fourth-order valence-corrected chi connectivity index (χ4v) is 2.96. The van der Waals surface area contributed by atoms with Gasteiger partial charge in [0.2, 0.25) is 5.91 Å². The Kier molecular flexibility index (Phi) is 5.92. The van der Waals surface area contributed by atoms with Gasteiger partial charge in [-0.25, -0.2) is 0 Å². The van der Waals surface area contributed by atoms with Crippen molar-refractivity contribution in [3.63, 3.8) is 0 Å². The first kappa shape index (κ1) is 19.9. The molecule has 9 heteroatoms. The molecule has 4 aromatic rings. The molecule has 2 N–H and O–H groups in total. The first-order valence-electron chi connectivity index (χ1n) is 9.57. The summed E-state index contributed by atoms with van der Waals surface area (Å²) >= 11 is 0. The molecule has 30 heavy (non-hydrogen) atoms. The van der Waals surface area contributed by atoms with Crippen molar-refractivity contribution in [2.75, 3.05) is 38.7 Å². The molecule has 0 radical (unpaired) electrons. The normalized spacial score (nSPS) is 11.3. The number of nitrogens with one attached hydrogen (secondary N) is 1. The van der Waals surface area contributed by atoms with Crippen LogP contribution in [0.25, 0.3) is 22.2 Å². The average Bonchev–Trinajstić information content (AvgIpc) is 3.33. The number of amides is 1. The smallest absolute Gasteiger partial charge is 0.303 e. The maximum atomic E-state index is 12.4. The average molecular weight is 410 g/mol. The van der Waals surface area contributed by atoms with Crippen LogP contribution in [0.1, 0.15) is 5.56 Å². The number of para-hydroxylation sites is 2. The van der Waals surface area contributed by atoms with Gasteiger partial charge in [-0.05, 0) is 29.8 Å². The maximum Gasteiger partial charge on any atom is 0.303 e. The van der Waals surface area contributed by atoms with E-state index in [2.05, 4.69) is 15.3 Å². The van der Waals surface area contributed by atoms with Crippen molar-refractivity contribution in [3.8, 4) is 0 Å². The Balaban J connectivity index is 1.41. The minimum atomic E-state index is -0.0322. The van der Waals surface area contributed by atoms with Gasteiger partial charge in [0.1, 0.15) is 11.0 Å². The van der Waals surface area contributed by atoms with Crippen LogP contribution < -0.4 is 5.32 Å². The Labute approximate surface area is 172 Å². The molecule has 0 bridgehead atoms. The van der Waals surface area contributed by atoms with Crippen LogP contribution in [0.2, 0.25) is 0 Å². The second-order valence-electron chi connectivity index (χ2n) is 6.76. The third kappa shape index (κ3) is 4.58. The lowest BCUT2D eigenvalue weighted by Crippen LogP contribution is -2.31. The number of benzene rings is 2. The van der Waals surface area contributed by atoms with E-state index in [-0.39, 0.29) is 31.6 Å². The number of aliphatic hydroxyl groups excluding tert-OH is 1. The Morgan fingerprint density at radius 1 is 1.07 bits per heavy atom. The second-order valence-corrected chi connectivity index (χ2v) is 6.76. The second kappa shape index (κ2) is 8.93. The predicted octanol–water partition coefficient (Wildman–Crippen LogP) is 2.72. The molecule has 2 heterocycles. The Morgan fingerprint density at radius 2 is 1.80 bits per heavy atom. The summed E-state index contributed by atoms with van der Waals surface area (Å²) in [5.41, 5.74) is 3.46. The fourth-order valence-electron chi connectivity index (χ4n) is 2.96. The van der Waals surface area contributed by atoms with E-state index in [4.69, 9.17) is 18.7 Å². The van der Waals surface area contributed by atoms with Gasteiger partial charge in [-0.15, -0.1) is 0 Å². The maximum absolute atomic E-state index is 12.4. The number of ether oxygens (including phenoxy) is 1. The molecule has 0 unspecified atom stereocenters. The van der Waals surface area contributed by atoms with E-state index in [1.54, 1.807) is 18.0 Å². The summed E-state index contributed by atoms with van der Waals surface area (Å²) in [6, 6.07) is 13.5. The SMILES string of the molecule is CN(CCOCCO)C(=O)Cc1ccc2oc(Nc3nc4ccccc4o3)nc2c1. The molecule has 0 atom stereocenters. The molecule has 0 spiro atoms. The number of carbonyl (C=O) groups is 1. The van der Waals surface area contributed by atoms with Crippen molar-refractivity contribution in [2.24, 2.45) is 0 Å². The van der Waals surface area contributed by atoms with E-state index >= 15 is 0 Å². The van der Waals surface area contributed by atoms with Crippen LogP contribution >= 0.6 is 0 Å². The summed E-state index contributed by atoms with van der Waals surface area (Å²) in [5.74, 6) is -0.0322. The molecule has 0 fully saturated rings. The van der Waals surface area contributed by atoms with Gasteiger partial charge in [0, 0.05) is 13.6 Å². The van der Waals surface area contributed by atoms with E-state index in [1.165, 1.54) is 0 Å². The van der Waals surface area contributed by atoms with Crippen molar-refractivity contribution in [2.45, 2.75) is 6.42 Å². The Morgan fingerprint density at radius 3 is 2.57 bits per heavy atom. The molecule has 1 amide bonds. The molecule has 0 aliphatic rings. The zero-order valence-corrected chi connectivity index (χ0v) is 16.5. The summed E-state index contributed by atoms with van der Waals surface area (Å²) < 4.78 is 16.5. The van der Waals surface area contributed by atoms with Gasteiger partial charge in [-0.1, -0.05) is 18.2 Å². The zero-order chi connectivity index (χ0) is 20.9. The van der Waals surface area contributed by atoms with Crippen molar-refractivity contribution in [1.29, 1.82) is 0 Å². The minimum absolute atomic E-state index is 0.0291. The number of hydrogen-bond acceptors (Lipinski definition) is 8. The van der Waals surface area contributed by atoms with Gasteiger partial charge >= 0.3 is 12.0 Å². The molecular weight excluding hydrogens is 388 g/mol. The minimum Gasteiger partial charge on any atom is -0.423 e. The van der Waals surface area contributed by atoms with Gasteiger partial charge in [-0.2, -0.15) is 9.97 Å². The van der Waals surface area contributed by atoms with Crippen molar-refractivity contribution in [3.05, 3.63) is 48.0 Å². The first-order valence-corrected chi connectivity index (χ1v) is 9.57. The highest BCUT2D eigenvalue weighted by Crippen LogP contribution is 2.25. The monoisotopic (exact) mass is 410 g/mol. The molecule has 0 saturated heterocycles. The Bertz CT molecular complexity index is 1120. The van der Waals surface area contributed by atoms with Gasteiger partial charge in [-0.3, -0.25) is 10.1 Å². The largest absolute Gasteiger partial charge is 0.423 e. The third-order valence-corrected chi connectivity index (χ3v) is 4.55. The summed E-state index contributed by atoms with van der Waals surface area (Å²) in [5, 5.41) is 11.6. The van der Waals surface area contributed by atoms with Gasteiger partial charge in [0.05, 0.1) is 26.2 Å². The van der Waals surface area contributed by atoms with Crippen molar-refractivity contribution in [1.82, 2.24) is 14.9 Å². The van der Waals surface area contributed by atoms with Crippen LogP contribution in [0.3, 0.4) is 0 Å². The summed E-state index contributed by atoms with van der Waals surface area (Å²) in [6.07, 6.45) is 0.243. The number of aliphatic hydroxyl groups is 1.